The largest absolute Gasteiger partial charge is 0.416 e. The average molecular weight is 377 g/mol. The van der Waals surface area contributed by atoms with Gasteiger partial charge in [-0.05, 0) is 37.3 Å². The molecule has 0 unspecified atom stereocenters. The third-order valence-corrected chi connectivity index (χ3v) is 3.92. The summed E-state index contributed by atoms with van der Waals surface area (Å²) in [5.41, 5.74) is -0.220. The van der Waals surface area contributed by atoms with Crippen molar-refractivity contribution in [3.05, 3.63) is 71.7 Å². The van der Waals surface area contributed by atoms with Crippen LogP contribution in [0, 0.1) is 5.82 Å². The number of aromatic nitrogens is 2. The van der Waals surface area contributed by atoms with Crippen LogP contribution in [0.2, 0.25) is 0 Å². The smallest absolute Gasteiger partial charge is 0.318 e. The van der Waals surface area contributed by atoms with Crippen LogP contribution in [0.25, 0.3) is 11.3 Å². The van der Waals surface area contributed by atoms with Gasteiger partial charge in [0.15, 0.2) is 0 Å². The Bertz CT molecular complexity index is 979. The number of carbonyl (C=O) groups is 1. The average Bonchev–Trinajstić information content (AvgIpc) is 3.08. The third kappa shape index (κ3) is 3.99. The molecule has 8 heteroatoms. The lowest BCUT2D eigenvalue weighted by atomic mass is 10.1. The lowest BCUT2D eigenvalue weighted by Gasteiger charge is -2.07. The van der Waals surface area contributed by atoms with E-state index >= 15 is 0 Å². The molecule has 0 atom stereocenters. The normalized spacial score (nSPS) is 11.4. The summed E-state index contributed by atoms with van der Waals surface area (Å²) < 4.78 is 53.8. The number of carbonyl (C=O) groups excluding carboxylic acids is 1. The molecule has 0 aliphatic carbocycles. The number of nitrogens with zero attached hydrogens (tertiary/aromatic N) is 2. The molecule has 2 aromatic carbocycles. The highest BCUT2D eigenvalue weighted by atomic mass is 19.4. The maximum atomic E-state index is 13.7. The number of nitrogens with one attached hydrogen (secondary N) is 1. The molecule has 4 nitrogen and oxygen atoms in total. The van der Waals surface area contributed by atoms with Gasteiger partial charge in [0.05, 0.1) is 16.9 Å². The van der Waals surface area contributed by atoms with Gasteiger partial charge in [0.25, 0.3) is 5.91 Å². The molecule has 27 heavy (non-hydrogen) atoms. The lowest BCUT2D eigenvalue weighted by molar-refractivity contribution is -0.137. The zero-order valence-corrected chi connectivity index (χ0v) is 14.2. The minimum Gasteiger partial charge on any atom is -0.318 e. The summed E-state index contributed by atoms with van der Waals surface area (Å²) in [4.78, 5) is 12.5. The minimum absolute atomic E-state index is 0.00646. The molecule has 0 bridgehead atoms. The zero-order valence-electron chi connectivity index (χ0n) is 14.2. The van der Waals surface area contributed by atoms with Gasteiger partial charge in [0, 0.05) is 12.1 Å². The Morgan fingerprint density at radius 2 is 1.85 bits per heavy atom. The second-order valence-corrected chi connectivity index (χ2v) is 5.74. The van der Waals surface area contributed by atoms with Crippen LogP contribution in [0.4, 0.5) is 23.2 Å². The highest BCUT2D eigenvalue weighted by Gasteiger charge is 2.30. The van der Waals surface area contributed by atoms with Crippen molar-refractivity contribution in [2.24, 2.45) is 0 Å². The standard InChI is InChI=1S/C19H15F4N3O/c1-2-26-17(18(27)24-15-9-4-3-8-14(15)20)11-16(25-26)12-6-5-7-13(10-12)19(21,22)23/h3-11H,2H2,1H3,(H,24,27). The summed E-state index contributed by atoms with van der Waals surface area (Å²) in [7, 11) is 0. The van der Waals surface area contributed by atoms with Crippen molar-refractivity contribution in [2.75, 3.05) is 5.32 Å². The molecule has 0 fully saturated rings. The van der Waals surface area contributed by atoms with E-state index in [1.807, 2.05) is 0 Å². The highest BCUT2D eigenvalue weighted by Crippen LogP contribution is 2.32. The van der Waals surface area contributed by atoms with Crippen LogP contribution in [0.1, 0.15) is 23.0 Å². The summed E-state index contributed by atoms with van der Waals surface area (Å²) in [6, 6.07) is 11.8. The Morgan fingerprint density at radius 3 is 2.52 bits per heavy atom. The zero-order chi connectivity index (χ0) is 19.6. The number of hydrogen-bond acceptors (Lipinski definition) is 2. The second kappa shape index (κ2) is 7.22. The molecule has 1 amide bonds. The molecule has 1 aromatic heterocycles. The van der Waals surface area contributed by atoms with E-state index in [1.165, 1.54) is 41.1 Å². The number of hydrogen-bond donors (Lipinski definition) is 1. The number of rotatable bonds is 4. The lowest BCUT2D eigenvalue weighted by Crippen LogP contribution is -2.17. The monoisotopic (exact) mass is 377 g/mol. The van der Waals surface area contributed by atoms with Crippen LogP contribution in [-0.2, 0) is 12.7 Å². The maximum absolute atomic E-state index is 13.7. The number of para-hydroxylation sites is 1. The first kappa shape index (κ1) is 18.6. The molecular formula is C19H15F4N3O. The number of aryl methyl sites for hydroxylation is 1. The van der Waals surface area contributed by atoms with Gasteiger partial charge in [-0.3, -0.25) is 9.48 Å². The van der Waals surface area contributed by atoms with Crippen LogP contribution in [-0.4, -0.2) is 15.7 Å². The third-order valence-electron chi connectivity index (χ3n) is 3.92. The van der Waals surface area contributed by atoms with Crippen molar-refractivity contribution in [1.82, 2.24) is 9.78 Å². The first-order valence-corrected chi connectivity index (χ1v) is 8.11. The summed E-state index contributed by atoms with van der Waals surface area (Å²) in [5.74, 6) is -1.20. The molecule has 140 valence electrons. The fourth-order valence-corrected chi connectivity index (χ4v) is 2.59. The van der Waals surface area contributed by atoms with Crippen LogP contribution in [0.3, 0.4) is 0 Å². The summed E-state index contributed by atoms with van der Waals surface area (Å²) in [5, 5.41) is 6.65. The van der Waals surface area contributed by atoms with Gasteiger partial charge in [0.1, 0.15) is 11.5 Å². The van der Waals surface area contributed by atoms with E-state index < -0.39 is 23.5 Å². The van der Waals surface area contributed by atoms with E-state index in [1.54, 1.807) is 13.0 Å². The predicted molar refractivity (Wildman–Crippen MR) is 92.7 cm³/mol. The molecule has 1 heterocycles. The van der Waals surface area contributed by atoms with Crippen LogP contribution >= 0.6 is 0 Å². The number of alkyl halides is 3. The molecule has 0 radical (unpaired) electrons. The van der Waals surface area contributed by atoms with Crippen molar-refractivity contribution >= 4 is 11.6 Å². The number of anilines is 1. The molecule has 0 aliphatic heterocycles. The van der Waals surface area contributed by atoms with Crippen LogP contribution < -0.4 is 5.32 Å². The molecule has 1 N–H and O–H groups in total. The van der Waals surface area contributed by atoms with Gasteiger partial charge in [-0.15, -0.1) is 0 Å². The molecule has 0 saturated carbocycles. The Labute approximate surface area is 152 Å². The predicted octanol–water partition coefficient (Wildman–Crippen LogP) is 4.98. The van der Waals surface area contributed by atoms with Crippen molar-refractivity contribution < 1.29 is 22.4 Å². The fourth-order valence-electron chi connectivity index (χ4n) is 2.59. The summed E-state index contributed by atoms with van der Waals surface area (Å²) in [6.45, 7) is 2.06. The van der Waals surface area contributed by atoms with Crippen molar-refractivity contribution in [3.8, 4) is 11.3 Å². The maximum Gasteiger partial charge on any atom is 0.416 e. The SMILES string of the molecule is CCn1nc(-c2cccc(C(F)(F)F)c2)cc1C(=O)Nc1ccccc1F. The molecular weight excluding hydrogens is 362 g/mol. The second-order valence-electron chi connectivity index (χ2n) is 5.74. The molecule has 0 saturated heterocycles. The van der Waals surface area contributed by atoms with Crippen LogP contribution in [0.15, 0.2) is 54.6 Å². The van der Waals surface area contributed by atoms with E-state index in [9.17, 15) is 22.4 Å². The van der Waals surface area contributed by atoms with Gasteiger partial charge in [-0.2, -0.15) is 18.3 Å². The van der Waals surface area contributed by atoms with Crippen molar-refractivity contribution in [2.45, 2.75) is 19.6 Å². The minimum atomic E-state index is -4.48. The van der Waals surface area contributed by atoms with E-state index in [-0.39, 0.29) is 22.6 Å². The van der Waals surface area contributed by atoms with E-state index in [4.69, 9.17) is 0 Å². The van der Waals surface area contributed by atoms with Gasteiger partial charge in [-0.1, -0.05) is 24.3 Å². The van der Waals surface area contributed by atoms with Crippen LogP contribution in [0.5, 0.6) is 0 Å². The number of benzene rings is 2. The van der Waals surface area contributed by atoms with Crippen molar-refractivity contribution in [1.29, 1.82) is 0 Å². The van der Waals surface area contributed by atoms with Crippen molar-refractivity contribution in [3.63, 3.8) is 0 Å². The molecule has 0 aliphatic rings. The Morgan fingerprint density at radius 1 is 1.11 bits per heavy atom. The fraction of sp³-hybridized carbons (Fsp3) is 0.158. The van der Waals surface area contributed by atoms with E-state index in [0.717, 1.165) is 12.1 Å². The molecule has 0 spiro atoms. The summed E-state index contributed by atoms with van der Waals surface area (Å²) >= 11 is 0. The molecule has 3 rings (SSSR count). The number of halogens is 4. The Kier molecular flexibility index (Phi) is 4.98. The Hall–Kier alpha value is -3.16. The van der Waals surface area contributed by atoms with Gasteiger partial charge < -0.3 is 5.32 Å². The van der Waals surface area contributed by atoms with Gasteiger partial charge >= 0.3 is 6.18 Å². The highest BCUT2D eigenvalue weighted by molar-refractivity contribution is 6.03. The topological polar surface area (TPSA) is 46.9 Å². The van der Waals surface area contributed by atoms with E-state index in [0.29, 0.717) is 6.54 Å². The van der Waals surface area contributed by atoms with E-state index in [2.05, 4.69) is 10.4 Å². The van der Waals surface area contributed by atoms with Gasteiger partial charge in [-0.25, -0.2) is 4.39 Å². The number of amides is 1. The molecule has 3 aromatic rings. The first-order valence-electron chi connectivity index (χ1n) is 8.11. The first-order chi connectivity index (χ1) is 12.8. The van der Waals surface area contributed by atoms with Gasteiger partial charge in [0.2, 0.25) is 0 Å². The summed E-state index contributed by atoms with van der Waals surface area (Å²) in [6.07, 6.45) is -4.48. The Balaban J connectivity index is 1.94. The quantitative estimate of drug-likeness (QED) is 0.652.